The van der Waals surface area contributed by atoms with Crippen LogP contribution in [-0.4, -0.2) is 36.2 Å². The Morgan fingerprint density at radius 2 is 2.00 bits per heavy atom. The number of benzene rings is 2. The zero-order chi connectivity index (χ0) is 19.4. The molecule has 1 saturated heterocycles. The van der Waals surface area contributed by atoms with Crippen LogP contribution in [0.15, 0.2) is 40.9 Å². The van der Waals surface area contributed by atoms with Crippen LogP contribution in [0, 0.1) is 5.82 Å². The molecule has 8 heteroatoms. The minimum absolute atomic E-state index is 0.0684. The Morgan fingerprint density at radius 1 is 1.22 bits per heavy atom. The zero-order valence-electron chi connectivity index (χ0n) is 14.3. The molecule has 6 nitrogen and oxygen atoms in total. The molecule has 3 N–H and O–H groups in total. The van der Waals surface area contributed by atoms with Gasteiger partial charge in [0.05, 0.1) is 29.5 Å². The first kappa shape index (κ1) is 19.3. The van der Waals surface area contributed by atoms with E-state index in [0.717, 1.165) is 6.42 Å². The van der Waals surface area contributed by atoms with E-state index >= 15 is 0 Å². The van der Waals surface area contributed by atoms with Crippen molar-refractivity contribution in [2.24, 2.45) is 0 Å². The molecule has 0 unspecified atom stereocenters. The van der Waals surface area contributed by atoms with Crippen molar-refractivity contribution >= 4 is 39.2 Å². The SMILES string of the molecule is O=C(Cc1ccc(Br)cc1F)Nc1ccc(C(=O)O)cc1NC[C@@H]1CCO1. The maximum atomic E-state index is 13.9. The molecule has 27 heavy (non-hydrogen) atoms. The second kappa shape index (κ2) is 8.49. The molecule has 1 atom stereocenters. The third kappa shape index (κ3) is 5.05. The molecule has 0 aliphatic carbocycles. The number of hydrogen-bond acceptors (Lipinski definition) is 4. The van der Waals surface area contributed by atoms with Crippen LogP contribution in [0.4, 0.5) is 15.8 Å². The summed E-state index contributed by atoms with van der Waals surface area (Å²) in [5, 5.41) is 15.0. The number of rotatable bonds is 7. The molecule has 1 fully saturated rings. The van der Waals surface area contributed by atoms with Gasteiger partial charge in [0.2, 0.25) is 5.91 Å². The number of nitrogens with one attached hydrogen (secondary N) is 2. The first-order chi connectivity index (χ1) is 12.9. The van der Waals surface area contributed by atoms with Crippen molar-refractivity contribution < 1.29 is 23.8 Å². The summed E-state index contributed by atoms with van der Waals surface area (Å²) < 4.78 is 19.9. The van der Waals surface area contributed by atoms with Gasteiger partial charge in [-0.2, -0.15) is 0 Å². The van der Waals surface area contributed by atoms with Crippen molar-refractivity contribution in [3.05, 3.63) is 57.8 Å². The van der Waals surface area contributed by atoms with Crippen LogP contribution < -0.4 is 10.6 Å². The average Bonchev–Trinajstić information content (AvgIpc) is 2.57. The molecule has 142 valence electrons. The third-order valence-electron chi connectivity index (χ3n) is 4.22. The molecule has 1 heterocycles. The molecule has 1 aliphatic heterocycles. The fourth-order valence-corrected chi connectivity index (χ4v) is 2.97. The van der Waals surface area contributed by atoms with E-state index in [4.69, 9.17) is 4.74 Å². The van der Waals surface area contributed by atoms with Crippen LogP contribution in [0.2, 0.25) is 0 Å². The maximum Gasteiger partial charge on any atom is 0.335 e. The Labute approximate surface area is 163 Å². The highest BCUT2D eigenvalue weighted by Gasteiger charge is 2.19. The van der Waals surface area contributed by atoms with Crippen LogP contribution in [0.1, 0.15) is 22.3 Å². The number of ether oxygens (including phenoxy) is 1. The van der Waals surface area contributed by atoms with Gasteiger partial charge in [0.25, 0.3) is 0 Å². The number of amides is 1. The molecule has 0 aromatic heterocycles. The zero-order valence-corrected chi connectivity index (χ0v) is 15.9. The molecule has 2 aromatic rings. The van der Waals surface area contributed by atoms with Gasteiger partial charge in [-0.1, -0.05) is 22.0 Å². The number of carboxylic acid groups (broad SMARTS) is 1. The summed E-state index contributed by atoms with van der Waals surface area (Å²) in [6.45, 7) is 1.22. The van der Waals surface area contributed by atoms with Crippen LogP contribution in [0.25, 0.3) is 0 Å². The molecule has 0 radical (unpaired) electrons. The Morgan fingerprint density at radius 3 is 2.63 bits per heavy atom. The predicted molar refractivity (Wildman–Crippen MR) is 103 cm³/mol. The van der Waals surface area contributed by atoms with E-state index in [1.54, 1.807) is 12.1 Å². The van der Waals surface area contributed by atoms with Crippen molar-refractivity contribution in [2.75, 3.05) is 23.8 Å². The Bertz CT molecular complexity index is 871. The van der Waals surface area contributed by atoms with Gasteiger partial charge in [-0.3, -0.25) is 4.79 Å². The molecule has 0 saturated carbocycles. The standard InChI is InChI=1S/C19H18BrFN2O4/c20-13-3-1-11(15(21)9-13)8-18(24)23-16-4-2-12(19(25)26)7-17(16)22-10-14-5-6-27-14/h1-4,7,9,14,22H,5-6,8,10H2,(H,23,24)(H,25,26)/t14-/m0/s1. The second-order valence-corrected chi connectivity index (χ2v) is 7.10. The smallest absolute Gasteiger partial charge is 0.335 e. The van der Waals surface area contributed by atoms with E-state index in [1.807, 2.05) is 0 Å². The lowest BCUT2D eigenvalue weighted by Crippen LogP contribution is -2.33. The number of carbonyl (C=O) groups is 2. The van der Waals surface area contributed by atoms with Gasteiger partial charge in [0.15, 0.2) is 0 Å². The molecule has 3 rings (SSSR count). The fraction of sp³-hybridized carbons (Fsp3) is 0.263. The highest BCUT2D eigenvalue weighted by atomic mass is 79.9. The average molecular weight is 437 g/mol. The Hall–Kier alpha value is -2.45. The Balaban J connectivity index is 1.73. The van der Waals surface area contributed by atoms with Crippen molar-refractivity contribution in [3.63, 3.8) is 0 Å². The minimum Gasteiger partial charge on any atom is -0.478 e. The molecule has 0 spiro atoms. The van der Waals surface area contributed by atoms with Crippen molar-refractivity contribution in [1.82, 2.24) is 0 Å². The molecular formula is C19H18BrFN2O4. The second-order valence-electron chi connectivity index (χ2n) is 6.19. The molecule has 1 aliphatic rings. The lowest BCUT2D eigenvalue weighted by molar-refractivity contribution is -0.115. The number of anilines is 2. The molecule has 1 amide bonds. The predicted octanol–water partition coefficient (Wildman–Crippen LogP) is 3.67. The molecule has 0 bridgehead atoms. The summed E-state index contributed by atoms with van der Waals surface area (Å²) in [4.78, 5) is 23.6. The van der Waals surface area contributed by atoms with Crippen molar-refractivity contribution in [2.45, 2.75) is 18.9 Å². The summed E-state index contributed by atoms with van der Waals surface area (Å²) in [6, 6.07) is 8.89. The summed E-state index contributed by atoms with van der Waals surface area (Å²) in [5.74, 6) is -1.93. The van der Waals surface area contributed by atoms with Gasteiger partial charge in [0, 0.05) is 17.6 Å². The van der Waals surface area contributed by atoms with E-state index in [9.17, 15) is 19.1 Å². The lowest BCUT2D eigenvalue weighted by atomic mass is 10.1. The molecular weight excluding hydrogens is 419 g/mol. The van der Waals surface area contributed by atoms with Crippen molar-refractivity contribution in [1.29, 1.82) is 0 Å². The summed E-state index contributed by atoms with van der Waals surface area (Å²) >= 11 is 3.18. The number of hydrogen-bond donors (Lipinski definition) is 3. The molecule has 2 aromatic carbocycles. The van der Waals surface area contributed by atoms with Crippen LogP contribution >= 0.6 is 15.9 Å². The van der Waals surface area contributed by atoms with Gasteiger partial charge in [0.1, 0.15) is 5.82 Å². The summed E-state index contributed by atoms with van der Waals surface area (Å²) in [7, 11) is 0. The van der Waals surface area contributed by atoms with E-state index < -0.39 is 17.7 Å². The monoisotopic (exact) mass is 436 g/mol. The van der Waals surface area contributed by atoms with E-state index in [0.29, 0.717) is 29.0 Å². The van der Waals surface area contributed by atoms with E-state index in [-0.39, 0.29) is 23.7 Å². The van der Waals surface area contributed by atoms with E-state index in [2.05, 4.69) is 26.6 Å². The number of carbonyl (C=O) groups excluding carboxylic acids is 1. The lowest BCUT2D eigenvalue weighted by Gasteiger charge is -2.27. The summed E-state index contributed by atoms with van der Waals surface area (Å²) in [5.41, 5.74) is 1.29. The highest BCUT2D eigenvalue weighted by Crippen LogP contribution is 2.25. The maximum absolute atomic E-state index is 13.9. The normalized spacial score (nSPS) is 15.7. The summed E-state index contributed by atoms with van der Waals surface area (Å²) in [6.07, 6.45) is 0.861. The third-order valence-corrected chi connectivity index (χ3v) is 4.71. The van der Waals surface area contributed by atoms with Gasteiger partial charge < -0.3 is 20.5 Å². The van der Waals surface area contributed by atoms with Crippen molar-refractivity contribution in [3.8, 4) is 0 Å². The fourth-order valence-electron chi connectivity index (χ4n) is 2.63. The van der Waals surface area contributed by atoms with Gasteiger partial charge in [-0.15, -0.1) is 0 Å². The number of aromatic carboxylic acids is 1. The Kier molecular flexibility index (Phi) is 6.08. The van der Waals surface area contributed by atoms with Gasteiger partial charge in [-0.05, 0) is 42.3 Å². The first-order valence-electron chi connectivity index (χ1n) is 8.39. The van der Waals surface area contributed by atoms with E-state index in [1.165, 1.54) is 24.3 Å². The minimum atomic E-state index is -1.06. The highest BCUT2D eigenvalue weighted by molar-refractivity contribution is 9.10. The van der Waals surface area contributed by atoms with Gasteiger partial charge in [-0.25, -0.2) is 9.18 Å². The number of carboxylic acids is 1. The number of halogens is 2. The van der Waals surface area contributed by atoms with Crippen LogP contribution in [0.5, 0.6) is 0 Å². The quantitative estimate of drug-likeness (QED) is 0.616. The largest absolute Gasteiger partial charge is 0.478 e. The van der Waals surface area contributed by atoms with Gasteiger partial charge >= 0.3 is 5.97 Å². The topological polar surface area (TPSA) is 87.7 Å². The van der Waals surface area contributed by atoms with Crippen LogP contribution in [-0.2, 0) is 16.0 Å². The first-order valence-corrected chi connectivity index (χ1v) is 9.18. The van der Waals surface area contributed by atoms with Crippen LogP contribution in [0.3, 0.4) is 0 Å².